The number of hydrogen-bond acceptors (Lipinski definition) is 2. The van der Waals surface area contributed by atoms with E-state index in [0.29, 0.717) is 6.04 Å². The monoisotopic (exact) mass is 408 g/mol. The maximum atomic E-state index is 3.65. The third-order valence-electron chi connectivity index (χ3n) is 3.91. The molecule has 4 heteroatoms. The van der Waals surface area contributed by atoms with Gasteiger partial charge in [-0.3, -0.25) is 0 Å². The Morgan fingerprint density at radius 2 is 1.67 bits per heavy atom. The van der Waals surface area contributed by atoms with Crippen LogP contribution >= 0.6 is 31.9 Å². The average molecular weight is 410 g/mol. The molecule has 1 aliphatic heterocycles. The molecular formula is C17H18Br2N2. The molecule has 0 saturated carbocycles. The van der Waals surface area contributed by atoms with E-state index in [1.165, 1.54) is 11.4 Å². The minimum atomic E-state index is 0.544. The van der Waals surface area contributed by atoms with Crippen molar-refractivity contribution < 1.29 is 0 Å². The van der Waals surface area contributed by atoms with E-state index in [2.05, 4.69) is 90.6 Å². The lowest BCUT2D eigenvalue weighted by atomic mass is 10.0. The molecular weight excluding hydrogens is 392 g/mol. The molecule has 2 nitrogen and oxygen atoms in total. The fraction of sp³-hybridized carbons (Fsp3) is 0.294. The van der Waals surface area contributed by atoms with Crippen LogP contribution in [0.15, 0.2) is 57.5 Å². The number of halogens is 2. The summed E-state index contributed by atoms with van der Waals surface area (Å²) >= 11 is 7.11. The van der Waals surface area contributed by atoms with Crippen LogP contribution in [0.1, 0.15) is 12.8 Å². The standard InChI is InChI=1S/C17H18Br2N2/c18-13-6-7-17(16(19)12-13)20-14-8-10-21(11-9-14)15-4-2-1-3-5-15/h1-7,12,14,20H,8-11H2. The molecule has 2 aromatic rings. The van der Waals surface area contributed by atoms with E-state index >= 15 is 0 Å². The van der Waals surface area contributed by atoms with Gasteiger partial charge < -0.3 is 10.2 Å². The second-order valence-electron chi connectivity index (χ2n) is 5.37. The molecule has 0 amide bonds. The minimum Gasteiger partial charge on any atom is -0.381 e. The molecule has 0 spiro atoms. The lowest BCUT2D eigenvalue weighted by Crippen LogP contribution is -2.39. The normalized spacial score (nSPS) is 16.0. The SMILES string of the molecule is Brc1ccc(NC2CCN(c3ccccc3)CC2)c(Br)c1. The van der Waals surface area contributed by atoms with E-state index in [9.17, 15) is 0 Å². The molecule has 1 fully saturated rings. The maximum absolute atomic E-state index is 3.65. The number of piperidine rings is 1. The summed E-state index contributed by atoms with van der Waals surface area (Å²) in [5, 5.41) is 3.65. The highest BCUT2D eigenvalue weighted by atomic mass is 79.9. The third-order valence-corrected chi connectivity index (χ3v) is 5.06. The number of hydrogen-bond donors (Lipinski definition) is 1. The second-order valence-corrected chi connectivity index (χ2v) is 7.14. The van der Waals surface area contributed by atoms with Crippen molar-refractivity contribution in [3.05, 3.63) is 57.5 Å². The molecule has 110 valence electrons. The molecule has 0 unspecified atom stereocenters. The van der Waals surface area contributed by atoms with E-state index < -0.39 is 0 Å². The largest absolute Gasteiger partial charge is 0.381 e. The Kier molecular flexibility index (Phi) is 4.86. The van der Waals surface area contributed by atoms with Gasteiger partial charge in [0.1, 0.15) is 0 Å². The van der Waals surface area contributed by atoms with Gasteiger partial charge in [-0.2, -0.15) is 0 Å². The third kappa shape index (κ3) is 3.80. The van der Waals surface area contributed by atoms with Crippen LogP contribution in [0.2, 0.25) is 0 Å². The molecule has 21 heavy (non-hydrogen) atoms. The van der Waals surface area contributed by atoms with Gasteiger partial charge in [-0.25, -0.2) is 0 Å². The molecule has 0 bridgehead atoms. The number of nitrogens with zero attached hydrogens (tertiary/aromatic N) is 1. The van der Waals surface area contributed by atoms with Crippen LogP contribution in [0.4, 0.5) is 11.4 Å². The van der Waals surface area contributed by atoms with Gasteiger partial charge in [0.15, 0.2) is 0 Å². The lowest BCUT2D eigenvalue weighted by molar-refractivity contribution is 0.526. The zero-order valence-electron chi connectivity index (χ0n) is 11.7. The molecule has 1 saturated heterocycles. The Morgan fingerprint density at radius 1 is 0.952 bits per heavy atom. The van der Waals surface area contributed by atoms with Gasteiger partial charge in [-0.15, -0.1) is 0 Å². The van der Waals surface area contributed by atoms with Crippen molar-refractivity contribution >= 4 is 43.2 Å². The summed E-state index contributed by atoms with van der Waals surface area (Å²) in [5.74, 6) is 0. The van der Waals surface area contributed by atoms with E-state index in [4.69, 9.17) is 0 Å². The summed E-state index contributed by atoms with van der Waals surface area (Å²) in [5.41, 5.74) is 2.51. The van der Waals surface area contributed by atoms with Crippen LogP contribution in [-0.4, -0.2) is 19.1 Å². The first-order chi connectivity index (χ1) is 10.2. The molecule has 2 aromatic carbocycles. The fourth-order valence-corrected chi connectivity index (χ4v) is 3.91. The van der Waals surface area contributed by atoms with Crippen LogP contribution < -0.4 is 10.2 Å². The lowest BCUT2D eigenvalue weighted by Gasteiger charge is -2.34. The summed E-state index contributed by atoms with van der Waals surface area (Å²) in [4.78, 5) is 2.47. The van der Waals surface area contributed by atoms with Crippen LogP contribution in [0, 0.1) is 0 Å². The zero-order chi connectivity index (χ0) is 14.7. The smallest absolute Gasteiger partial charge is 0.0487 e. The highest BCUT2D eigenvalue weighted by Gasteiger charge is 2.19. The summed E-state index contributed by atoms with van der Waals surface area (Å²) in [6.45, 7) is 2.21. The number of nitrogens with one attached hydrogen (secondary N) is 1. The Bertz CT molecular complexity index is 593. The highest BCUT2D eigenvalue weighted by molar-refractivity contribution is 9.11. The van der Waals surface area contributed by atoms with Gasteiger partial charge in [-0.05, 0) is 59.1 Å². The van der Waals surface area contributed by atoms with Gasteiger partial charge in [-0.1, -0.05) is 34.1 Å². The Morgan fingerprint density at radius 3 is 2.33 bits per heavy atom. The van der Waals surface area contributed by atoms with Gasteiger partial charge >= 0.3 is 0 Å². The minimum absolute atomic E-state index is 0.544. The Hall–Kier alpha value is -1.00. The average Bonchev–Trinajstić information content (AvgIpc) is 2.52. The van der Waals surface area contributed by atoms with Crippen LogP contribution in [-0.2, 0) is 0 Å². The Labute approximate surface area is 142 Å². The van der Waals surface area contributed by atoms with E-state index in [1.54, 1.807) is 0 Å². The first kappa shape index (κ1) is 14.9. The number of rotatable bonds is 3. The van der Waals surface area contributed by atoms with Crippen molar-refractivity contribution in [3.63, 3.8) is 0 Å². The van der Waals surface area contributed by atoms with Crippen LogP contribution in [0.5, 0.6) is 0 Å². The predicted molar refractivity (Wildman–Crippen MR) is 97.1 cm³/mol. The van der Waals surface area contributed by atoms with Crippen molar-refractivity contribution in [2.45, 2.75) is 18.9 Å². The van der Waals surface area contributed by atoms with Crippen molar-refractivity contribution in [3.8, 4) is 0 Å². The van der Waals surface area contributed by atoms with Gasteiger partial charge in [0.05, 0.1) is 0 Å². The van der Waals surface area contributed by atoms with Crippen molar-refractivity contribution in [1.82, 2.24) is 0 Å². The molecule has 0 aromatic heterocycles. The summed E-state index contributed by atoms with van der Waals surface area (Å²) < 4.78 is 2.21. The molecule has 1 aliphatic rings. The number of anilines is 2. The zero-order valence-corrected chi connectivity index (χ0v) is 14.9. The summed E-state index contributed by atoms with van der Waals surface area (Å²) in [6.07, 6.45) is 2.33. The van der Waals surface area contributed by atoms with Crippen LogP contribution in [0.3, 0.4) is 0 Å². The number of benzene rings is 2. The van der Waals surface area contributed by atoms with Gasteiger partial charge in [0.25, 0.3) is 0 Å². The van der Waals surface area contributed by atoms with Crippen molar-refractivity contribution in [2.75, 3.05) is 23.3 Å². The van der Waals surface area contributed by atoms with Crippen molar-refractivity contribution in [2.24, 2.45) is 0 Å². The molecule has 3 rings (SSSR count). The predicted octanol–water partition coefficient (Wildman–Crippen LogP) is 5.29. The maximum Gasteiger partial charge on any atom is 0.0487 e. The van der Waals surface area contributed by atoms with E-state index in [1.807, 2.05) is 0 Å². The molecule has 1 heterocycles. The van der Waals surface area contributed by atoms with Gasteiger partial charge in [0, 0.05) is 39.5 Å². The molecule has 1 N–H and O–H groups in total. The summed E-state index contributed by atoms with van der Waals surface area (Å²) in [6, 6.07) is 17.5. The topological polar surface area (TPSA) is 15.3 Å². The van der Waals surface area contributed by atoms with Crippen LogP contribution in [0.25, 0.3) is 0 Å². The Balaban J connectivity index is 1.59. The first-order valence-electron chi connectivity index (χ1n) is 7.24. The quantitative estimate of drug-likeness (QED) is 0.740. The van der Waals surface area contributed by atoms with E-state index in [0.717, 1.165) is 34.9 Å². The summed E-state index contributed by atoms with van der Waals surface area (Å²) in [7, 11) is 0. The molecule has 0 aliphatic carbocycles. The fourth-order valence-electron chi connectivity index (χ4n) is 2.75. The highest BCUT2D eigenvalue weighted by Crippen LogP contribution is 2.28. The molecule has 0 radical (unpaired) electrons. The molecule has 0 atom stereocenters. The number of para-hydroxylation sites is 1. The van der Waals surface area contributed by atoms with Gasteiger partial charge in [0.2, 0.25) is 0 Å². The first-order valence-corrected chi connectivity index (χ1v) is 8.82. The van der Waals surface area contributed by atoms with E-state index in [-0.39, 0.29) is 0 Å². The van der Waals surface area contributed by atoms with Crippen molar-refractivity contribution in [1.29, 1.82) is 0 Å². The second kappa shape index (κ2) is 6.84.